The van der Waals surface area contributed by atoms with Gasteiger partial charge in [0.15, 0.2) is 5.82 Å². The van der Waals surface area contributed by atoms with Crippen LogP contribution in [0.5, 0.6) is 0 Å². The molecule has 1 heterocycles. The lowest BCUT2D eigenvalue weighted by atomic mass is 10.4. The Morgan fingerprint density at radius 1 is 1.56 bits per heavy atom. The first-order valence-electron chi connectivity index (χ1n) is 5.24. The van der Waals surface area contributed by atoms with Gasteiger partial charge in [-0.15, -0.1) is 0 Å². The van der Waals surface area contributed by atoms with Crippen molar-refractivity contribution in [1.82, 2.24) is 15.3 Å². The lowest BCUT2D eigenvalue weighted by molar-refractivity contribution is -0.119. The molecule has 0 unspecified atom stereocenters. The summed E-state index contributed by atoms with van der Waals surface area (Å²) in [6.07, 6.45) is 2.96. The molecule has 0 aromatic carbocycles. The Labute approximate surface area is 93.7 Å². The number of H-pyrrole nitrogens is 1. The number of hydrogen-bond donors (Lipinski definition) is 2. The Hall–Kier alpha value is -1.85. The fourth-order valence-corrected chi connectivity index (χ4v) is 1.33. The first kappa shape index (κ1) is 12.2. The summed E-state index contributed by atoms with van der Waals surface area (Å²) < 4.78 is 0. The molecule has 0 saturated heterocycles. The van der Waals surface area contributed by atoms with E-state index in [4.69, 9.17) is 0 Å². The normalized spacial score (nSPS) is 9.88. The molecular weight excluding hydrogens is 208 g/mol. The van der Waals surface area contributed by atoms with Crippen LogP contribution >= 0.6 is 0 Å². The van der Waals surface area contributed by atoms with Gasteiger partial charge in [0.05, 0.1) is 6.54 Å². The van der Waals surface area contributed by atoms with Crippen LogP contribution in [0.25, 0.3) is 0 Å². The number of amides is 1. The lowest BCUT2D eigenvalue weighted by Crippen LogP contribution is -2.39. The number of aromatic amines is 1. The Morgan fingerprint density at radius 3 is 2.88 bits per heavy atom. The second kappa shape index (κ2) is 5.89. The summed E-state index contributed by atoms with van der Waals surface area (Å²) in [5.41, 5.74) is -0.284. The molecule has 0 radical (unpaired) electrons. The summed E-state index contributed by atoms with van der Waals surface area (Å²) >= 11 is 0. The SMILES string of the molecule is CCNC(=O)CN(CC)c1ncc[nH]c1=O. The van der Waals surface area contributed by atoms with E-state index in [1.165, 1.54) is 12.4 Å². The minimum Gasteiger partial charge on any atom is -0.355 e. The zero-order valence-corrected chi connectivity index (χ0v) is 9.49. The minimum absolute atomic E-state index is 0.116. The zero-order chi connectivity index (χ0) is 12.0. The van der Waals surface area contributed by atoms with E-state index in [1.54, 1.807) is 4.90 Å². The first-order valence-corrected chi connectivity index (χ1v) is 5.24. The van der Waals surface area contributed by atoms with Gasteiger partial charge in [-0.25, -0.2) is 4.98 Å². The zero-order valence-electron chi connectivity index (χ0n) is 9.49. The van der Waals surface area contributed by atoms with Crippen LogP contribution < -0.4 is 15.8 Å². The maximum atomic E-state index is 11.5. The highest BCUT2D eigenvalue weighted by molar-refractivity contribution is 5.80. The van der Waals surface area contributed by atoms with Gasteiger partial charge >= 0.3 is 0 Å². The van der Waals surface area contributed by atoms with Crippen LogP contribution in [-0.2, 0) is 4.79 Å². The van der Waals surface area contributed by atoms with Gasteiger partial charge in [0.1, 0.15) is 0 Å². The summed E-state index contributed by atoms with van der Waals surface area (Å²) in [5.74, 6) is 0.158. The average molecular weight is 224 g/mol. The van der Waals surface area contributed by atoms with E-state index < -0.39 is 0 Å². The Morgan fingerprint density at radius 2 is 2.31 bits per heavy atom. The molecule has 1 rings (SSSR count). The molecule has 2 N–H and O–H groups in total. The first-order chi connectivity index (χ1) is 7.69. The van der Waals surface area contributed by atoms with Crippen molar-refractivity contribution in [2.75, 3.05) is 24.5 Å². The molecule has 0 saturated carbocycles. The Bertz CT molecular complexity index is 402. The van der Waals surface area contributed by atoms with Crippen LogP contribution in [-0.4, -0.2) is 35.5 Å². The maximum absolute atomic E-state index is 11.5. The minimum atomic E-state index is -0.284. The molecule has 0 bridgehead atoms. The summed E-state index contributed by atoms with van der Waals surface area (Å²) in [5, 5.41) is 2.68. The standard InChI is InChI=1S/C10H16N4O2/c1-3-11-8(15)7-14(4-2)9-10(16)13-6-5-12-9/h5-6H,3-4,7H2,1-2H3,(H,11,15)(H,13,16). The number of nitrogens with zero attached hydrogens (tertiary/aromatic N) is 2. The van der Waals surface area contributed by atoms with Crippen molar-refractivity contribution in [3.63, 3.8) is 0 Å². The number of carbonyl (C=O) groups excluding carboxylic acids is 1. The maximum Gasteiger partial charge on any atom is 0.290 e. The average Bonchev–Trinajstić information content (AvgIpc) is 2.27. The van der Waals surface area contributed by atoms with Crippen molar-refractivity contribution in [2.24, 2.45) is 0 Å². The smallest absolute Gasteiger partial charge is 0.290 e. The quantitative estimate of drug-likeness (QED) is 0.722. The van der Waals surface area contributed by atoms with E-state index in [2.05, 4.69) is 15.3 Å². The number of anilines is 1. The second-order valence-electron chi connectivity index (χ2n) is 3.21. The summed E-state index contributed by atoms with van der Waals surface area (Å²) in [4.78, 5) is 31.0. The molecule has 88 valence electrons. The van der Waals surface area contributed by atoms with Crippen LogP contribution in [0.1, 0.15) is 13.8 Å². The monoisotopic (exact) mass is 224 g/mol. The molecule has 0 fully saturated rings. The van der Waals surface area contributed by atoms with Crippen molar-refractivity contribution in [1.29, 1.82) is 0 Å². The molecule has 0 aliphatic carbocycles. The van der Waals surface area contributed by atoms with Crippen LogP contribution in [0.3, 0.4) is 0 Å². The van der Waals surface area contributed by atoms with Crippen molar-refractivity contribution >= 4 is 11.7 Å². The highest BCUT2D eigenvalue weighted by atomic mass is 16.2. The van der Waals surface area contributed by atoms with Crippen LogP contribution in [0.4, 0.5) is 5.82 Å². The summed E-state index contributed by atoms with van der Waals surface area (Å²) in [6.45, 7) is 4.99. The van der Waals surface area contributed by atoms with E-state index in [1.807, 2.05) is 13.8 Å². The predicted octanol–water partition coefficient (Wildman–Crippen LogP) is -0.268. The van der Waals surface area contributed by atoms with Crippen LogP contribution in [0.2, 0.25) is 0 Å². The number of aromatic nitrogens is 2. The van der Waals surface area contributed by atoms with Crippen molar-refractivity contribution in [2.45, 2.75) is 13.8 Å². The second-order valence-corrected chi connectivity index (χ2v) is 3.21. The number of carbonyl (C=O) groups is 1. The third kappa shape index (κ3) is 3.08. The number of rotatable bonds is 5. The van der Waals surface area contributed by atoms with Gasteiger partial charge in [-0.3, -0.25) is 9.59 Å². The highest BCUT2D eigenvalue weighted by Crippen LogP contribution is 2.00. The molecule has 0 spiro atoms. The number of hydrogen-bond acceptors (Lipinski definition) is 4. The topological polar surface area (TPSA) is 78.1 Å². The van der Waals surface area contributed by atoms with Crippen LogP contribution in [0.15, 0.2) is 17.2 Å². The molecular formula is C10H16N4O2. The molecule has 1 aromatic rings. The van der Waals surface area contributed by atoms with E-state index in [9.17, 15) is 9.59 Å². The molecule has 1 aromatic heterocycles. The molecule has 0 aliphatic heterocycles. The molecule has 16 heavy (non-hydrogen) atoms. The third-order valence-corrected chi connectivity index (χ3v) is 2.08. The van der Waals surface area contributed by atoms with E-state index in [-0.39, 0.29) is 23.8 Å². The third-order valence-electron chi connectivity index (χ3n) is 2.08. The van der Waals surface area contributed by atoms with Gasteiger partial charge in [-0.2, -0.15) is 0 Å². The number of nitrogens with one attached hydrogen (secondary N) is 2. The summed E-state index contributed by atoms with van der Waals surface area (Å²) in [6, 6.07) is 0. The van der Waals surface area contributed by atoms with Gasteiger partial charge in [-0.1, -0.05) is 0 Å². The largest absolute Gasteiger partial charge is 0.355 e. The fraction of sp³-hybridized carbons (Fsp3) is 0.500. The van der Waals surface area contributed by atoms with E-state index >= 15 is 0 Å². The molecule has 1 amide bonds. The van der Waals surface area contributed by atoms with E-state index in [0.29, 0.717) is 13.1 Å². The highest BCUT2D eigenvalue weighted by Gasteiger charge is 2.13. The number of likely N-dealkylation sites (N-methyl/N-ethyl adjacent to an activating group) is 2. The van der Waals surface area contributed by atoms with Gasteiger partial charge in [-0.05, 0) is 13.8 Å². The van der Waals surface area contributed by atoms with Gasteiger partial charge in [0.25, 0.3) is 5.56 Å². The van der Waals surface area contributed by atoms with Gasteiger partial charge in [0.2, 0.25) is 5.91 Å². The Kier molecular flexibility index (Phi) is 4.50. The van der Waals surface area contributed by atoms with Crippen molar-refractivity contribution < 1.29 is 4.79 Å². The molecule has 6 heteroatoms. The van der Waals surface area contributed by atoms with Crippen molar-refractivity contribution in [3.8, 4) is 0 Å². The van der Waals surface area contributed by atoms with Crippen molar-refractivity contribution in [3.05, 3.63) is 22.7 Å². The predicted molar refractivity (Wildman–Crippen MR) is 61.4 cm³/mol. The lowest BCUT2D eigenvalue weighted by Gasteiger charge is -2.19. The van der Waals surface area contributed by atoms with Gasteiger partial charge in [0, 0.05) is 25.5 Å². The van der Waals surface area contributed by atoms with E-state index in [0.717, 1.165) is 0 Å². The molecule has 0 atom stereocenters. The van der Waals surface area contributed by atoms with Crippen LogP contribution in [0, 0.1) is 0 Å². The molecule has 6 nitrogen and oxygen atoms in total. The van der Waals surface area contributed by atoms with Gasteiger partial charge < -0.3 is 15.2 Å². The molecule has 0 aliphatic rings. The fourth-order valence-electron chi connectivity index (χ4n) is 1.33. The Balaban J connectivity index is 2.79. The summed E-state index contributed by atoms with van der Waals surface area (Å²) in [7, 11) is 0.